The summed E-state index contributed by atoms with van der Waals surface area (Å²) in [6, 6.07) is 3.26. The number of halogens is 4. The second-order valence-electron chi connectivity index (χ2n) is 7.67. The van der Waals surface area contributed by atoms with Gasteiger partial charge < -0.3 is 5.32 Å². The van der Waals surface area contributed by atoms with Crippen LogP contribution < -0.4 is 5.32 Å². The Morgan fingerprint density at radius 3 is 2.57 bits per heavy atom. The molecule has 164 valence electrons. The first-order valence-corrected chi connectivity index (χ1v) is 11.3. The minimum atomic E-state index is -4.46. The molecule has 1 saturated heterocycles. The van der Waals surface area contributed by atoms with Gasteiger partial charge in [-0.3, -0.25) is 0 Å². The summed E-state index contributed by atoms with van der Waals surface area (Å²) in [7, 11) is -3.94. The minimum Gasteiger partial charge on any atom is -0.367 e. The molecule has 0 saturated carbocycles. The van der Waals surface area contributed by atoms with Crippen molar-refractivity contribution in [1.82, 2.24) is 14.1 Å². The van der Waals surface area contributed by atoms with E-state index in [2.05, 4.69) is 10.4 Å². The molecule has 1 N–H and O–H groups in total. The maximum Gasteiger partial charge on any atom is 0.410 e. The third-order valence-corrected chi connectivity index (χ3v) is 7.67. The van der Waals surface area contributed by atoms with Crippen molar-refractivity contribution >= 4 is 15.8 Å². The van der Waals surface area contributed by atoms with Gasteiger partial charge in [0.15, 0.2) is 6.04 Å². The highest BCUT2D eigenvalue weighted by Gasteiger charge is 2.47. The SMILES string of the molecule is CC[C@H]1C[C@@H](C(F)(F)F)n2nc([C@@H]3CCCN3S(=O)(=O)c3ccc(F)cc3)cc2N1. The second-order valence-corrected chi connectivity index (χ2v) is 9.56. The molecule has 0 amide bonds. The Kier molecular flexibility index (Phi) is 5.29. The molecule has 0 bridgehead atoms. The third kappa shape index (κ3) is 3.68. The summed E-state index contributed by atoms with van der Waals surface area (Å²) >= 11 is 0. The zero-order valence-corrected chi connectivity index (χ0v) is 17.0. The summed E-state index contributed by atoms with van der Waals surface area (Å²) < 4.78 is 82.3. The predicted octanol–water partition coefficient (Wildman–Crippen LogP) is 4.25. The predicted molar refractivity (Wildman–Crippen MR) is 102 cm³/mol. The number of alkyl halides is 3. The van der Waals surface area contributed by atoms with Gasteiger partial charge in [-0.2, -0.15) is 22.6 Å². The van der Waals surface area contributed by atoms with E-state index in [1.54, 1.807) is 0 Å². The van der Waals surface area contributed by atoms with Crippen molar-refractivity contribution in [2.24, 2.45) is 0 Å². The maximum absolute atomic E-state index is 13.6. The zero-order chi connectivity index (χ0) is 21.7. The summed E-state index contributed by atoms with van der Waals surface area (Å²) in [5, 5.41) is 7.26. The Labute approximate surface area is 171 Å². The first-order chi connectivity index (χ1) is 14.1. The lowest BCUT2D eigenvalue weighted by atomic mass is 10.0. The lowest BCUT2D eigenvalue weighted by molar-refractivity contribution is -0.173. The largest absolute Gasteiger partial charge is 0.410 e. The molecule has 0 radical (unpaired) electrons. The van der Waals surface area contributed by atoms with Crippen molar-refractivity contribution in [3.05, 3.63) is 41.8 Å². The number of nitrogens with one attached hydrogen (secondary N) is 1. The van der Waals surface area contributed by atoms with Crippen LogP contribution in [0.25, 0.3) is 0 Å². The fourth-order valence-corrected chi connectivity index (χ4v) is 5.83. The van der Waals surface area contributed by atoms with E-state index in [0.29, 0.717) is 19.3 Å². The molecule has 2 aromatic rings. The van der Waals surface area contributed by atoms with E-state index in [-0.39, 0.29) is 35.4 Å². The standard InChI is InChI=1S/C19H22F4N4O2S/c1-2-13-10-17(19(21,22)23)27-18(24-13)11-15(25-27)16-4-3-9-26(16)30(28,29)14-7-5-12(20)6-8-14/h5-8,11,13,16-17,24H,2-4,9-10H2,1H3/t13-,16-,17-/m0/s1. The molecule has 3 heterocycles. The van der Waals surface area contributed by atoms with Gasteiger partial charge in [-0.1, -0.05) is 6.92 Å². The molecule has 1 aromatic carbocycles. The average molecular weight is 446 g/mol. The smallest absolute Gasteiger partial charge is 0.367 e. The van der Waals surface area contributed by atoms with Crippen LogP contribution in [0, 0.1) is 5.82 Å². The van der Waals surface area contributed by atoms with Crippen LogP contribution in [0.5, 0.6) is 0 Å². The Balaban J connectivity index is 1.69. The van der Waals surface area contributed by atoms with E-state index in [1.165, 1.54) is 22.5 Å². The van der Waals surface area contributed by atoms with Gasteiger partial charge in [-0.15, -0.1) is 0 Å². The molecule has 1 fully saturated rings. The fraction of sp³-hybridized carbons (Fsp3) is 0.526. The molecular formula is C19H22F4N4O2S. The van der Waals surface area contributed by atoms with Crippen LogP contribution in [0.1, 0.15) is 50.4 Å². The molecule has 11 heteroatoms. The second kappa shape index (κ2) is 7.52. The maximum atomic E-state index is 13.6. The van der Waals surface area contributed by atoms with Crippen LogP contribution >= 0.6 is 0 Å². The summed E-state index contributed by atoms with van der Waals surface area (Å²) in [4.78, 5) is -0.0582. The van der Waals surface area contributed by atoms with Crippen LogP contribution in [0.2, 0.25) is 0 Å². The monoisotopic (exact) mass is 446 g/mol. The number of rotatable bonds is 4. The van der Waals surface area contributed by atoms with Crippen molar-refractivity contribution in [1.29, 1.82) is 0 Å². The highest BCUT2D eigenvalue weighted by molar-refractivity contribution is 7.89. The zero-order valence-electron chi connectivity index (χ0n) is 16.2. The van der Waals surface area contributed by atoms with Gasteiger partial charge in [-0.05, 0) is 49.9 Å². The Hall–Kier alpha value is -2.14. The average Bonchev–Trinajstić information content (AvgIpc) is 3.33. The number of anilines is 1. The van der Waals surface area contributed by atoms with Crippen molar-refractivity contribution in [2.45, 2.75) is 61.8 Å². The Morgan fingerprint density at radius 1 is 1.23 bits per heavy atom. The minimum absolute atomic E-state index is 0.0582. The van der Waals surface area contributed by atoms with Gasteiger partial charge in [0.05, 0.1) is 16.6 Å². The van der Waals surface area contributed by atoms with Crippen LogP contribution in [-0.4, -0.2) is 41.3 Å². The molecule has 30 heavy (non-hydrogen) atoms. The van der Waals surface area contributed by atoms with Crippen molar-refractivity contribution in [3.63, 3.8) is 0 Å². The van der Waals surface area contributed by atoms with E-state index in [9.17, 15) is 26.0 Å². The third-order valence-electron chi connectivity index (χ3n) is 5.75. The number of hydrogen-bond acceptors (Lipinski definition) is 4. The van der Waals surface area contributed by atoms with Gasteiger partial charge in [-0.25, -0.2) is 17.5 Å². The number of aromatic nitrogens is 2. The van der Waals surface area contributed by atoms with E-state index in [4.69, 9.17) is 0 Å². The number of fused-ring (bicyclic) bond motifs is 1. The highest BCUT2D eigenvalue weighted by atomic mass is 32.2. The highest BCUT2D eigenvalue weighted by Crippen LogP contribution is 2.43. The number of benzene rings is 1. The van der Waals surface area contributed by atoms with Crippen molar-refractivity contribution < 1.29 is 26.0 Å². The molecule has 0 aliphatic carbocycles. The van der Waals surface area contributed by atoms with Crippen molar-refractivity contribution in [2.75, 3.05) is 11.9 Å². The lowest BCUT2D eigenvalue weighted by Crippen LogP contribution is -2.39. The molecule has 0 spiro atoms. The Morgan fingerprint density at radius 2 is 1.93 bits per heavy atom. The molecule has 1 aromatic heterocycles. The van der Waals surface area contributed by atoms with Crippen LogP contribution in [0.4, 0.5) is 23.4 Å². The molecular weight excluding hydrogens is 424 g/mol. The first kappa shape index (κ1) is 21.1. The molecule has 0 unspecified atom stereocenters. The van der Waals surface area contributed by atoms with Crippen LogP contribution in [0.3, 0.4) is 0 Å². The van der Waals surface area contributed by atoms with Crippen LogP contribution in [0.15, 0.2) is 35.2 Å². The fourth-order valence-electron chi connectivity index (χ4n) is 4.17. The van der Waals surface area contributed by atoms with Gasteiger partial charge in [0.1, 0.15) is 11.6 Å². The van der Waals surface area contributed by atoms with Gasteiger partial charge in [0.2, 0.25) is 10.0 Å². The van der Waals surface area contributed by atoms with E-state index in [1.807, 2.05) is 6.92 Å². The summed E-state index contributed by atoms with van der Waals surface area (Å²) in [6.45, 7) is 2.03. The summed E-state index contributed by atoms with van der Waals surface area (Å²) in [5.74, 6) is -0.306. The molecule has 2 aliphatic heterocycles. The van der Waals surface area contributed by atoms with Crippen molar-refractivity contribution in [3.8, 4) is 0 Å². The van der Waals surface area contributed by atoms with Crippen LogP contribution in [-0.2, 0) is 10.0 Å². The summed E-state index contributed by atoms with van der Waals surface area (Å²) in [6.07, 6.45) is -3.05. The number of nitrogens with zero attached hydrogens (tertiary/aromatic N) is 3. The normalized spacial score (nSPS) is 25.2. The quantitative estimate of drug-likeness (QED) is 0.714. The first-order valence-electron chi connectivity index (χ1n) is 9.81. The topological polar surface area (TPSA) is 67.2 Å². The lowest BCUT2D eigenvalue weighted by Gasteiger charge is -2.32. The Bertz CT molecular complexity index is 1020. The van der Waals surface area contributed by atoms with E-state index >= 15 is 0 Å². The van der Waals surface area contributed by atoms with Gasteiger partial charge in [0, 0.05) is 18.7 Å². The molecule has 6 nitrogen and oxygen atoms in total. The molecule has 3 atom stereocenters. The summed E-state index contributed by atoms with van der Waals surface area (Å²) in [5.41, 5.74) is 0.284. The number of hydrogen-bond donors (Lipinski definition) is 1. The number of sulfonamides is 1. The van der Waals surface area contributed by atoms with Gasteiger partial charge >= 0.3 is 6.18 Å². The molecule has 4 rings (SSSR count). The van der Waals surface area contributed by atoms with Gasteiger partial charge in [0.25, 0.3) is 0 Å². The molecule has 2 aliphatic rings. The van der Waals surface area contributed by atoms with E-state index in [0.717, 1.165) is 16.8 Å². The van der Waals surface area contributed by atoms with E-state index < -0.39 is 34.1 Å².